The van der Waals surface area contributed by atoms with Gasteiger partial charge in [0.1, 0.15) is 0 Å². The largest absolute Gasteiger partial charge is 0.316 e. The predicted molar refractivity (Wildman–Crippen MR) is 45.1 cm³/mol. The van der Waals surface area contributed by atoms with Gasteiger partial charge in [0, 0.05) is 6.42 Å². The van der Waals surface area contributed by atoms with Crippen LogP contribution in [0.1, 0.15) is 32.1 Å². The van der Waals surface area contributed by atoms with E-state index in [4.69, 9.17) is 5.26 Å². The molecule has 1 fully saturated rings. The molecule has 0 amide bonds. The highest BCUT2D eigenvalue weighted by Gasteiger charge is 2.11. The number of unbranched alkanes of at least 4 members (excludes halogenated alkanes) is 1. The fourth-order valence-corrected chi connectivity index (χ4v) is 1.64. The van der Waals surface area contributed by atoms with Crippen LogP contribution < -0.4 is 5.32 Å². The lowest BCUT2D eigenvalue weighted by atomic mass is 9.94. The Morgan fingerprint density at radius 2 is 2.45 bits per heavy atom. The van der Waals surface area contributed by atoms with Gasteiger partial charge in [-0.3, -0.25) is 0 Å². The zero-order chi connectivity index (χ0) is 7.94. The molecule has 0 spiro atoms. The minimum absolute atomic E-state index is 0.733. The number of piperidine rings is 1. The Morgan fingerprint density at radius 1 is 1.55 bits per heavy atom. The molecule has 0 bridgehead atoms. The number of rotatable bonds is 3. The van der Waals surface area contributed by atoms with Gasteiger partial charge in [0.15, 0.2) is 0 Å². The molecule has 1 heterocycles. The summed E-state index contributed by atoms with van der Waals surface area (Å²) in [5.74, 6) is 0.845. The van der Waals surface area contributed by atoms with E-state index in [0.29, 0.717) is 0 Å². The van der Waals surface area contributed by atoms with Crippen molar-refractivity contribution in [2.45, 2.75) is 32.1 Å². The van der Waals surface area contributed by atoms with Gasteiger partial charge >= 0.3 is 0 Å². The molecule has 1 atom stereocenters. The normalized spacial score (nSPS) is 24.5. The van der Waals surface area contributed by atoms with E-state index in [9.17, 15) is 0 Å². The third kappa shape index (κ3) is 3.38. The van der Waals surface area contributed by atoms with Gasteiger partial charge in [-0.2, -0.15) is 5.26 Å². The molecule has 1 rings (SSSR count). The van der Waals surface area contributed by atoms with Crippen molar-refractivity contribution in [1.29, 1.82) is 5.26 Å². The maximum Gasteiger partial charge on any atom is 0.0621 e. The molecule has 1 saturated heterocycles. The Kier molecular flexibility index (Phi) is 4.00. The fourth-order valence-electron chi connectivity index (χ4n) is 1.64. The Morgan fingerprint density at radius 3 is 3.09 bits per heavy atom. The van der Waals surface area contributed by atoms with Crippen LogP contribution in [0.15, 0.2) is 0 Å². The summed E-state index contributed by atoms with van der Waals surface area (Å²) in [6.07, 6.45) is 5.73. The van der Waals surface area contributed by atoms with Crippen LogP contribution in [0.25, 0.3) is 0 Å². The lowest BCUT2D eigenvalue weighted by Gasteiger charge is -2.21. The Balaban J connectivity index is 2.01. The van der Waals surface area contributed by atoms with Crippen molar-refractivity contribution in [3.63, 3.8) is 0 Å². The van der Waals surface area contributed by atoms with E-state index < -0.39 is 0 Å². The van der Waals surface area contributed by atoms with E-state index in [1.807, 2.05) is 0 Å². The van der Waals surface area contributed by atoms with E-state index in [0.717, 1.165) is 18.8 Å². The smallest absolute Gasteiger partial charge is 0.0621 e. The molecule has 0 aliphatic carbocycles. The predicted octanol–water partition coefficient (Wildman–Crippen LogP) is 1.68. The van der Waals surface area contributed by atoms with Crippen LogP contribution in [0.3, 0.4) is 0 Å². The second kappa shape index (κ2) is 5.15. The molecule has 0 aromatic rings. The molecular formula is C9H16N2. The minimum Gasteiger partial charge on any atom is -0.316 e. The summed E-state index contributed by atoms with van der Waals surface area (Å²) >= 11 is 0. The van der Waals surface area contributed by atoms with E-state index >= 15 is 0 Å². The first-order valence-electron chi connectivity index (χ1n) is 4.51. The Labute approximate surface area is 68.6 Å². The van der Waals surface area contributed by atoms with E-state index in [-0.39, 0.29) is 0 Å². The summed E-state index contributed by atoms with van der Waals surface area (Å²) in [5, 5.41) is 11.7. The van der Waals surface area contributed by atoms with Crippen LogP contribution in [-0.2, 0) is 0 Å². The van der Waals surface area contributed by atoms with Gasteiger partial charge in [-0.1, -0.05) is 0 Å². The van der Waals surface area contributed by atoms with Crippen molar-refractivity contribution in [2.24, 2.45) is 5.92 Å². The number of hydrogen-bond acceptors (Lipinski definition) is 2. The number of nitriles is 1. The van der Waals surface area contributed by atoms with Crippen LogP contribution in [-0.4, -0.2) is 13.1 Å². The van der Waals surface area contributed by atoms with Gasteiger partial charge in [-0.15, -0.1) is 0 Å². The zero-order valence-corrected chi connectivity index (χ0v) is 6.97. The van der Waals surface area contributed by atoms with E-state index in [1.165, 1.54) is 32.4 Å². The van der Waals surface area contributed by atoms with Crippen molar-refractivity contribution in [2.75, 3.05) is 13.1 Å². The first kappa shape index (κ1) is 8.55. The zero-order valence-electron chi connectivity index (χ0n) is 6.97. The lowest BCUT2D eigenvalue weighted by molar-refractivity contribution is 0.352. The van der Waals surface area contributed by atoms with Gasteiger partial charge in [0.05, 0.1) is 6.07 Å². The molecular weight excluding hydrogens is 136 g/mol. The quantitative estimate of drug-likeness (QED) is 0.624. The van der Waals surface area contributed by atoms with E-state index in [2.05, 4.69) is 11.4 Å². The van der Waals surface area contributed by atoms with Gasteiger partial charge in [-0.25, -0.2) is 0 Å². The topological polar surface area (TPSA) is 35.8 Å². The highest BCUT2D eigenvalue weighted by Crippen LogP contribution is 2.16. The second-order valence-corrected chi connectivity index (χ2v) is 3.26. The second-order valence-electron chi connectivity index (χ2n) is 3.26. The van der Waals surface area contributed by atoms with Gasteiger partial charge in [0.25, 0.3) is 0 Å². The van der Waals surface area contributed by atoms with Crippen molar-refractivity contribution in [3.8, 4) is 6.07 Å². The molecule has 0 aromatic heterocycles. The first-order valence-corrected chi connectivity index (χ1v) is 4.51. The molecule has 0 radical (unpaired) electrons. The lowest BCUT2D eigenvalue weighted by Crippen LogP contribution is -2.29. The molecule has 0 aromatic carbocycles. The Bertz CT molecular complexity index is 131. The van der Waals surface area contributed by atoms with Crippen LogP contribution >= 0.6 is 0 Å². The highest BCUT2D eigenvalue weighted by molar-refractivity contribution is 4.73. The van der Waals surface area contributed by atoms with Crippen LogP contribution in [0.5, 0.6) is 0 Å². The molecule has 0 saturated carbocycles. The summed E-state index contributed by atoms with van der Waals surface area (Å²) in [6.45, 7) is 2.36. The molecule has 1 aliphatic rings. The number of nitrogens with one attached hydrogen (secondary N) is 1. The van der Waals surface area contributed by atoms with Crippen molar-refractivity contribution < 1.29 is 0 Å². The summed E-state index contributed by atoms with van der Waals surface area (Å²) < 4.78 is 0. The monoisotopic (exact) mass is 152 g/mol. The summed E-state index contributed by atoms with van der Waals surface area (Å²) in [4.78, 5) is 0. The maximum atomic E-state index is 8.33. The first-order chi connectivity index (χ1) is 5.43. The molecule has 1 unspecified atom stereocenters. The summed E-state index contributed by atoms with van der Waals surface area (Å²) in [7, 11) is 0. The van der Waals surface area contributed by atoms with Gasteiger partial charge < -0.3 is 5.32 Å². The van der Waals surface area contributed by atoms with Crippen molar-refractivity contribution in [3.05, 3.63) is 0 Å². The van der Waals surface area contributed by atoms with Crippen molar-refractivity contribution in [1.82, 2.24) is 5.32 Å². The molecule has 1 N–H and O–H groups in total. The molecule has 11 heavy (non-hydrogen) atoms. The maximum absolute atomic E-state index is 8.33. The van der Waals surface area contributed by atoms with Crippen LogP contribution in [0, 0.1) is 17.2 Å². The summed E-state index contributed by atoms with van der Waals surface area (Å²) in [6, 6.07) is 2.19. The molecule has 2 nitrogen and oxygen atoms in total. The minimum atomic E-state index is 0.733. The van der Waals surface area contributed by atoms with Gasteiger partial charge in [-0.05, 0) is 44.7 Å². The SMILES string of the molecule is N#CCCCC1CCCNC1. The van der Waals surface area contributed by atoms with Crippen molar-refractivity contribution >= 4 is 0 Å². The third-order valence-electron chi connectivity index (χ3n) is 2.30. The Hall–Kier alpha value is -0.550. The highest BCUT2D eigenvalue weighted by atomic mass is 14.9. The molecule has 1 aliphatic heterocycles. The number of hydrogen-bond donors (Lipinski definition) is 1. The van der Waals surface area contributed by atoms with Crippen LogP contribution in [0.4, 0.5) is 0 Å². The molecule has 62 valence electrons. The summed E-state index contributed by atoms with van der Waals surface area (Å²) in [5.41, 5.74) is 0. The molecule has 2 heteroatoms. The van der Waals surface area contributed by atoms with Crippen LogP contribution in [0.2, 0.25) is 0 Å². The third-order valence-corrected chi connectivity index (χ3v) is 2.30. The average Bonchev–Trinajstić information content (AvgIpc) is 2.07. The van der Waals surface area contributed by atoms with E-state index in [1.54, 1.807) is 0 Å². The standard InChI is InChI=1S/C9H16N2/c10-6-2-1-4-9-5-3-7-11-8-9/h9,11H,1-5,7-8H2. The fraction of sp³-hybridized carbons (Fsp3) is 0.889. The average molecular weight is 152 g/mol. The van der Waals surface area contributed by atoms with Gasteiger partial charge in [0.2, 0.25) is 0 Å². The number of nitrogens with zero attached hydrogens (tertiary/aromatic N) is 1.